The summed E-state index contributed by atoms with van der Waals surface area (Å²) in [5.41, 5.74) is 3.76. The largest absolute Gasteiger partial charge is 0.388 e. The summed E-state index contributed by atoms with van der Waals surface area (Å²) >= 11 is 0. The van der Waals surface area contributed by atoms with E-state index in [2.05, 4.69) is 15.4 Å². The zero-order chi connectivity index (χ0) is 13.8. The van der Waals surface area contributed by atoms with Crippen LogP contribution in [0.3, 0.4) is 0 Å². The van der Waals surface area contributed by atoms with Gasteiger partial charge in [-0.1, -0.05) is 54.6 Å². The number of aliphatic hydroxyl groups is 1. The number of hydrogen-bond donors (Lipinski definition) is 2. The van der Waals surface area contributed by atoms with Gasteiger partial charge in [-0.05, 0) is 11.1 Å². The quantitative estimate of drug-likeness (QED) is 0.762. The number of aromatic nitrogens is 3. The van der Waals surface area contributed by atoms with E-state index in [9.17, 15) is 5.11 Å². The van der Waals surface area contributed by atoms with Gasteiger partial charge in [0.15, 0.2) is 0 Å². The monoisotopic (exact) mass is 265 g/mol. The van der Waals surface area contributed by atoms with Crippen molar-refractivity contribution >= 4 is 0 Å². The number of H-pyrrole nitrogens is 1. The van der Waals surface area contributed by atoms with Crippen molar-refractivity contribution in [2.24, 2.45) is 0 Å². The molecule has 20 heavy (non-hydrogen) atoms. The topological polar surface area (TPSA) is 61.8 Å². The normalized spacial score (nSPS) is 12.2. The molecule has 1 heterocycles. The fourth-order valence-electron chi connectivity index (χ4n) is 2.28. The zero-order valence-corrected chi connectivity index (χ0v) is 10.9. The number of nitrogens with zero attached hydrogens (tertiary/aromatic N) is 2. The summed E-state index contributed by atoms with van der Waals surface area (Å²) in [6.07, 6.45) is 1.71. The predicted molar refractivity (Wildman–Crippen MR) is 76.9 cm³/mol. The molecular formula is C16H15N3O. The van der Waals surface area contributed by atoms with Crippen LogP contribution in [0.25, 0.3) is 11.3 Å². The minimum absolute atomic E-state index is 0.524. The third-order valence-electron chi connectivity index (χ3n) is 3.31. The highest BCUT2D eigenvalue weighted by molar-refractivity contribution is 5.62. The fourth-order valence-corrected chi connectivity index (χ4v) is 2.28. The van der Waals surface area contributed by atoms with Crippen LogP contribution < -0.4 is 0 Å². The van der Waals surface area contributed by atoms with Crippen LogP contribution >= 0.6 is 0 Å². The number of rotatable bonds is 4. The van der Waals surface area contributed by atoms with Gasteiger partial charge in [0.05, 0.1) is 12.3 Å². The molecule has 0 spiro atoms. The van der Waals surface area contributed by atoms with E-state index in [0.717, 1.165) is 22.4 Å². The van der Waals surface area contributed by atoms with E-state index >= 15 is 0 Å². The van der Waals surface area contributed by atoms with Crippen molar-refractivity contribution in [3.8, 4) is 11.3 Å². The van der Waals surface area contributed by atoms with Gasteiger partial charge in [0.2, 0.25) is 0 Å². The zero-order valence-electron chi connectivity index (χ0n) is 10.9. The van der Waals surface area contributed by atoms with Crippen LogP contribution in [0.4, 0.5) is 0 Å². The number of hydrogen-bond acceptors (Lipinski definition) is 3. The van der Waals surface area contributed by atoms with Gasteiger partial charge in [-0.2, -0.15) is 15.4 Å². The van der Waals surface area contributed by atoms with Gasteiger partial charge in [0.1, 0.15) is 5.69 Å². The smallest absolute Gasteiger partial charge is 0.113 e. The summed E-state index contributed by atoms with van der Waals surface area (Å²) in [5, 5.41) is 20.9. The Hall–Kier alpha value is -2.46. The van der Waals surface area contributed by atoms with Crippen molar-refractivity contribution in [1.82, 2.24) is 15.4 Å². The van der Waals surface area contributed by atoms with Crippen molar-refractivity contribution in [1.29, 1.82) is 0 Å². The standard InChI is InChI=1S/C16H15N3O/c20-16(12-6-2-1-3-7-12)10-13-8-4-5-9-14(13)15-11-17-19-18-15/h1-9,11,16,20H,10H2,(H,17,18,19). The molecule has 1 unspecified atom stereocenters. The van der Waals surface area contributed by atoms with Crippen molar-refractivity contribution in [2.45, 2.75) is 12.5 Å². The molecule has 0 saturated heterocycles. The van der Waals surface area contributed by atoms with Gasteiger partial charge in [-0.15, -0.1) is 0 Å². The highest BCUT2D eigenvalue weighted by Crippen LogP contribution is 2.25. The van der Waals surface area contributed by atoms with Gasteiger partial charge in [0.25, 0.3) is 0 Å². The molecule has 3 aromatic rings. The SMILES string of the molecule is OC(Cc1ccccc1-c1cn[nH]n1)c1ccccc1. The molecule has 0 bridgehead atoms. The fraction of sp³-hybridized carbons (Fsp3) is 0.125. The van der Waals surface area contributed by atoms with Crippen LogP contribution in [-0.2, 0) is 6.42 Å². The number of aliphatic hydroxyl groups excluding tert-OH is 1. The number of aromatic amines is 1. The number of nitrogens with one attached hydrogen (secondary N) is 1. The average molecular weight is 265 g/mol. The van der Waals surface area contributed by atoms with Crippen molar-refractivity contribution in [3.05, 3.63) is 71.9 Å². The second kappa shape index (κ2) is 5.67. The van der Waals surface area contributed by atoms with Crippen molar-refractivity contribution in [2.75, 3.05) is 0 Å². The minimum Gasteiger partial charge on any atom is -0.388 e. The van der Waals surface area contributed by atoms with E-state index in [-0.39, 0.29) is 0 Å². The van der Waals surface area contributed by atoms with Gasteiger partial charge < -0.3 is 5.11 Å². The van der Waals surface area contributed by atoms with Gasteiger partial charge in [-0.3, -0.25) is 0 Å². The third-order valence-corrected chi connectivity index (χ3v) is 3.31. The Kier molecular flexibility index (Phi) is 3.56. The summed E-state index contributed by atoms with van der Waals surface area (Å²) in [4.78, 5) is 0. The first-order chi connectivity index (χ1) is 9.84. The molecule has 0 aliphatic carbocycles. The van der Waals surface area contributed by atoms with E-state index in [4.69, 9.17) is 0 Å². The Balaban J connectivity index is 1.88. The average Bonchev–Trinajstić information content (AvgIpc) is 3.03. The highest BCUT2D eigenvalue weighted by Gasteiger charge is 2.13. The molecule has 2 aromatic carbocycles. The number of benzene rings is 2. The van der Waals surface area contributed by atoms with Crippen molar-refractivity contribution in [3.63, 3.8) is 0 Å². The molecule has 2 N–H and O–H groups in total. The molecular weight excluding hydrogens is 250 g/mol. The maximum absolute atomic E-state index is 10.4. The molecule has 0 saturated carbocycles. The first kappa shape index (κ1) is 12.6. The Morgan fingerprint density at radius 1 is 1.00 bits per heavy atom. The van der Waals surface area contributed by atoms with Crippen LogP contribution in [0, 0.1) is 0 Å². The van der Waals surface area contributed by atoms with Crippen LogP contribution in [0.1, 0.15) is 17.2 Å². The van der Waals surface area contributed by atoms with Crippen LogP contribution in [0.5, 0.6) is 0 Å². The molecule has 3 rings (SSSR count). The van der Waals surface area contributed by atoms with Crippen LogP contribution in [-0.4, -0.2) is 20.5 Å². The molecule has 0 fully saturated rings. The molecule has 1 atom stereocenters. The molecule has 100 valence electrons. The maximum atomic E-state index is 10.4. The molecule has 4 nitrogen and oxygen atoms in total. The Bertz CT molecular complexity index is 665. The third kappa shape index (κ3) is 2.60. The van der Waals surface area contributed by atoms with Gasteiger partial charge >= 0.3 is 0 Å². The van der Waals surface area contributed by atoms with E-state index < -0.39 is 6.10 Å². The summed E-state index contributed by atoms with van der Waals surface area (Å²) in [6.45, 7) is 0. The molecule has 0 amide bonds. The lowest BCUT2D eigenvalue weighted by atomic mass is 9.96. The van der Waals surface area contributed by atoms with Crippen molar-refractivity contribution < 1.29 is 5.11 Å². The van der Waals surface area contributed by atoms with E-state index in [1.165, 1.54) is 0 Å². The minimum atomic E-state index is -0.524. The lowest BCUT2D eigenvalue weighted by Gasteiger charge is -2.13. The molecule has 1 aromatic heterocycles. The van der Waals surface area contributed by atoms with Gasteiger partial charge in [-0.25, -0.2) is 0 Å². The highest BCUT2D eigenvalue weighted by atomic mass is 16.3. The van der Waals surface area contributed by atoms with Crippen LogP contribution in [0.2, 0.25) is 0 Å². The maximum Gasteiger partial charge on any atom is 0.113 e. The summed E-state index contributed by atoms with van der Waals surface area (Å²) in [5.74, 6) is 0. The predicted octanol–water partition coefficient (Wildman–Crippen LogP) is 2.75. The second-order valence-electron chi connectivity index (χ2n) is 4.64. The summed E-state index contributed by atoms with van der Waals surface area (Å²) < 4.78 is 0. The Labute approximate surface area is 117 Å². The van der Waals surface area contributed by atoms with Gasteiger partial charge in [0, 0.05) is 12.0 Å². The lowest BCUT2D eigenvalue weighted by molar-refractivity contribution is 0.178. The second-order valence-corrected chi connectivity index (χ2v) is 4.64. The summed E-state index contributed by atoms with van der Waals surface area (Å²) in [6, 6.07) is 17.6. The molecule has 4 heteroatoms. The Morgan fingerprint density at radius 2 is 1.75 bits per heavy atom. The first-order valence-corrected chi connectivity index (χ1v) is 6.51. The first-order valence-electron chi connectivity index (χ1n) is 6.51. The molecule has 0 aliphatic rings. The van der Waals surface area contributed by atoms with E-state index in [1.54, 1.807) is 6.20 Å². The van der Waals surface area contributed by atoms with Crippen LogP contribution in [0.15, 0.2) is 60.8 Å². The lowest BCUT2D eigenvalue weighted by Crippen LogP contribution is -2.03. The molecule has 0 radical (unpaired) electrons. The summed E-state index contributed by atoms with van der Waals surface area (Å²) in [7, 11) is 0. The Morgan fingerprint density at radius 3 is 2.50 bits per heavy atom. The van der Waals surface area contributed by atoms with E-state index in [1.807, 2.05) is 54.6 Å². The molecule has 0 aliphatic heterocycles. The van der Waals surface area contributed by atoms with E-state index in [0.29, 0.717) is 6.42 Å².